The predicted octanol–water partition coefficient (Wildman–Crippen LogP) is 4.30. The number of hydrogen-bond acceptors (Lipinski definition) is 5. The Morgan fingerprint density at radius 2 is 2.04 bits per heavy atom. The summed E-state index contributed by atoms with van der Waals surface area (Å²) in [6, 6.07) is 7.90. The molecular weight excluding hydrogens is 398 g/mol. The molecule has 0 saturated carbocycles. The Morgan fingerprint density at radius 1 is 1.30 bits per heavy atom. The molecule has 2 aromatic rings. The van der Waals surface area contributed by atoms with Gasteiger partial charge in [-0.2, -0.15) is 0 Å². The third-order valence-corrected chi connectivity index (χ3v) is 6.43. The van der Waals surface area contributed by atoms with Gasteiger partial charge in [0.15, 0.2) is 11.5 Å². The second kappa shape index (κ2) is 7.15. The summed E-state index contributed by atoms with van der Waals surface area (Å²) in [4.78, 5) is 15.4. The van der Waals surface area contributed by atoms with E-state index in [0.29, 0.717) is 23.8 Å². The molecule has 1 saturated heterocycles. The van der Waals surface area contributed by atoms with E-state index < -0.39 is 0 Å². The minimum absolute atomic E-state index is 0.0289. The van der Waals surface area contributed by atoms with Crippen LogP contribution in [0.25, 0.3) is 0 Å². The number of carbonyl (C=O) groups is 1. The first-order valence-electron chi connectivity index (χ1n) is 6.99. The fraction of sp³-hybridized carbons (Fsp3) is 0.312. The molecule has 0 aliphatic carbocycles. The summed E-state index contributed by atoms with van der Waals surface area (Å²) in [5.74, 6) is 2.00. The van der Waals surface area contributed by atoms with Crippen molar-refractivity contribution in [3.05, 3.63) is 44.6 Å². The van der Waals surface area contributed by atoms with Gasteiger partial charge in [0.25, 0.3) is 0 Å². The van der Waals surface area contributed by atoms with Crippen LogP contribution in [0.1, 0.15) is 15.8 Å². The second-order valence-corrected chi connectivity index (χ2v) is 7.95. The van der Waals surface area contributed by atoms with Crippen LogP contribution in [0.2, 0.25) is 0 Å². The highest BCUT2D eigenvalue weighted by Crippen LogP contribution is 2.45. The van der Waals surface area contributed by atoms with Crippen molar-refractivity contribution in [2.75, 3.05) is 20.0 Å². The zero-order valence-corrected chi connectivity index (χ0v) is 16.0. The van der Waals surface area contributed by atoms with E-state index in [2.05, 4.69) is 22.0 Å². The quantitative estimate of drug-likeness (QED) is 0.731. The van der Waals surface area contributed by atoms with Crippen molar-refractivity contribution in [2.45, 2.75) is 11.9 Å². The Kier molecular flexibility index (Phi) is 5.18. The first kappa shape index (κ1) is 16.7. The summed E-state index contributed by atoms with van der Waals surface area (Å²) in [6.07, 6.45) is 0. The molecule has 3 rings (SSSR count). The number of thioether (sulfide) groups is 1. The maximum absolute atomic E-state index is 12.3. The molecule has 1 unspecified atom stereocenters. The second-order valence-electron chi connectivity index (χ2n) is 4.99. The monoisotopic (exact) mass is 413 g/mol. The van der Waals surface area contributed by atoms with E-state index in [9.17, 15) is 4.79 Å². The van der Waals surface area contributed by atoms with E-state index in [1.165, 1.54) is 4.88 Å². The van der Waals surface area contributed by atoms with Crippen molar-refractivity contribution in [3.63, 3.8) is 0 Å². The zero-order valence-electron chi connectivity index (χ0n) is 12.7. The van der Waals surface area contributed by atoms with Gasteiger partial charge in [-0.3, -0.25) is 4.79 Å². The van der Waals surface area contributed by atoms with Gasteiger partial charge in [0.2, 0.25) is 5.91 Å². The van der Waals surface area contributed by atoms with E-state index in [4.69, 9.17) is 9.47 Å². The van der Waals surface area contributed by atoms with Crippen molar-refractivity contribution in [2.24, 2.45) is 0 Å². The molecule has 2 heterocycles. The smallest absolute Gasteiger partial charge is 0.234 e. The molecule has 23 heavy (non-hydrogen) atoms. The summed E-state index contributed by atoms with van der Waals surface area (Å²) < 4.78 is 11.6. The van der Waals surface area contributed by atoms with Crippen LogP contribution >= 0.6 is 39.0 Å². The molecule has 0 bridgehead atoms. The normalized spacial score (nSPS) is 17.6. The maximum Gasteiger partial charge on any atom is 0.234 e. The van der Waals surface area contributed by atoms with Crippen molar-refractivity contribution < 1.29 is 14.3 Å². The van der Waals surface area contributed by atoms with Gasteiger partial charge >= 0.3 is 0 Å². The van der Waals surface area contributed by atoms with E-state index in [1.54, 1.807) is 37.3 Å². The fourth-order valence-corrected chi connectivity index (χ4v) is 5.12. The Hall–Kier alpha value is -1.18. The summed E-state index contributed by atoms with van der Waals surface area (Å²) in [5, 5.41) is 2.00. The van der Waals surface area contributed by atoms with Crippen molar-refractivity contribution in [1.29, 1.82) is 0 Å². The summed E-state index contributed by atoms with van der Waals surface area (Å²) in [5.41, 5.74) is 1.02. The zero-order chi connectivity index (χ0) is 16.4. The lowest BCUT2D eigenvalue weighted by Gasteiger charge is -2.25. The predicted molar refractivity (Wildman–Crippen MR) is 97.3 cm³/mol. The summed E-state index contributed by atoms with van der Waals surface area (Å²) >= 11 is 6.90. The number of hydrogen-bond donors (Lipinski definition) is 0. The van der Waals surface area contributed by atoms with Gasteiger partial charge in [0.05, 0.1) is 26.5 Å². The number of carbonyl (C=O) groups excluding carboxylic acids is 1. The first-order chi connectivity index (χ1) is 11.1. The first-order valence-corrected chi connectivity index (χ1v) is 9.71. The Bertz CT molecular complexity index is 706. The van der Waals surface area contributed by atoms with Crippen molar-refractivity contribution in [3.8, 4) is 11.5 Å². The van der Waals surface area contributed by atoms with Crippen molar-refractivity contribution in [1.82, 2.24) is 4.90 Å². The van der Waals surface area contributed by atoms with Crippen LogP contribution in [-0.4, -0.2) is 30.8 Å². The molecule has 1 fully saturated rings. The summed E-state index contributed by atoms with van der Waals surface area (Å²) in [6.45, 7) is 0.634. The van der Waals surface area contributed by atoms with Crippen molar-refractivity contribution >= 4 is 44.9 Å². The van der Waals surface area contributed by atoms with Gasteiger partial charge in [0, 0.05) is 14.9 Å². The van der Waals surface area contributed by atoms with Gasteiger partial charge in [-0.15, -0.1) is 23.1 Å². The van der Waals surface area contributed by atoms with E-state index in [-0.39, 0.29) is 11.3 Å². The number of ether oxygens (including phenoxy) is 2. The van der Waals surface area contributed by atoms with Gasteiger partial charge in [-0.25, -0.2) is 0 Å². The highest BCUT2D eigenvalue weighted by Gasteiger charge is 2.34. The Balaban J connectivity index is 1.94. The van der Waals surface area contributed by atoms with Gasteiger partial charge in [-0.1, -0.05) is 22.0 Å². The third kappa shape index (κ3) is 3.36. The minimum Gasteiger partial charge on any atom is -0.493 e. The number of thiophene rings is 1. The topological polar surface area (TPSA) is 38.8 Å². The molecule has 1 amide bonds. The van der Waals surface area contributed by atoms with E-state index in [1.807, 2.05) is 28.5 Å². The molecule has 0 spiro atoms. The molecule has 0 radical (unpaired) electrons. The highest BCUT2D eigenvalue weighted by atomic mass is 79.9. The van der Waals surface area contributed by atoms with Crippen LogP contribution < -0.4 is 9.47 Å². The van der Waals surface area contributed by atoms with Crippen LogP contribution in [-0.2, 0) is 11.3 Å². The fourth-order valence-electron chi connectivity index (χ4n) is 2.51. The average molecular weight is 414 g/mol. The van der Waals surface area contributed by atoms with Crippen LogP contribution in [0, 0.1) is 0 Å². The van der Waals surface area contributed by atoms with Crippen LogP contribution in [0.3, 0.4) is 0 Å². The standard InChI is InChI=1S/C16H16BrNO3S2/c1-20-13-6-11(12(17)7-14(13)21-2)16-18(15(19)9-23-16)8-10-4-3-5-22-10/h3-7,16H,8-9H2,1-2H3. The summed E-state index contributed by atoms with van der Waals surface area (Å²) in [7, 11) is 3.23. The van der Waals surface area contributed by atoms with Gasteiger partial charge < -0.3 is 14.4 Å². The lowest BCUT2D eigenvalue weighted by molar-refractivity contribution is -0.128. The van der Waals surface area contributed by atoms with E-state index >= 15 is 0 Å². The molecule has 1 atom stereocenters. The highest BCUT2D eigenvalue weighted by molar-refractivity contribution is 9.10. The number of halogens is 1. The minimum atomic E-state index is -0.0289. The molecule has 1 aromatic heterocycles. The number of amides is 1. The number of methoxy groups -OCH3 is 2. The maximum atomic E-state index is 12.3. The van der Waals surface area contributed by atoms with Crippen LogP contribution in [0.5, 0.6) is 11.5 Å². The molecule has 1 aliphatic heterocycles. The molecule has 0 N–H and O–H groups in total. The molecule has 122 valence electrons. The van der Waals surface area contributed by atoms with Crippen LogP contribution in [0.4, 0.5) is 0 Å². The van der Waals surface area contributed by atoms with Crippen LogP contribution in [0.15, 0.2) is 34.1 Å². The number of nitrogens with zero attached hydrogens (tertiary/aromatic N) is 1. The molecule has 1 aliphatic rings. The molecule has 1 aromatic carbocycles. The SMILES string of the molecule is COc1cc(Br)c(C2SCC(=O)N2Cc2cccs2)cc1OC. The molecule has 7 heteroatoms. The van der Waals surface area contributed by atoms with Gasteiger partial charge in [0.1, 0.15) is 5.37 Å². The largest absolute Gasteiger partial charge is 0.493 e. The lowest BCUT2D eigenvalue weighted by atomic mass is 10.1. The van der Waals surface area contributed by atoms with Gasteiger partial charge in [-0.05, 0) is 23.6 Å². The Labute approximate surface area is 151 Å². The molecular formula is C16H16BrNO3S2. The third-order valence-electron chi connectivity index (χ3n) is 3.64. The Morgan fingerprint density at radius 3 is 2.70 bits per heavy atom. The lowest BCUT2D eigenvalue weighted by Crippen LogP contribution is -2.27. The molecule has 4 nitrogen and oxygen atoms in total. The number of benzene rings is 1. The van der Waals surface area contributed by atoms with E-state index in [0.717, 1.165) is 10.0 Å². The average Bonchev–Trinajstić information content (AvgIpc) is 3.19. The number of rotatable bonds is 5.